The highest BCUT2D eigenvalue weighted by Crippen LogP contribution is 2.22. The van der Waals surface area contributed by atoms with Crippen molar-refractivity contribution >= 4 is 17.2 Å². The molecule has 1 fully saturated rings. The lowest BCUT2D eigenvalue weighted by Crippen LogP contribution is -2.40. The Balaban J connectivity index is 1.96. The van der Waals surface area contributed by atoms with Crippen molar-refractivity contribution < 1.29 is 4.74 Å². The topological polar surface area (TPSA) is 17.4 Å². The van der Waals surface area contributed by atoms with Crippen LogP contribution in [0.25, 0.3) is 5.69 Å². The monoisotopic (exact) mass is 300 g/mol. The van der Waals surface area contributed by atoms with Crippen molar-refractivity contribution in [3.63, 3.8) is 0 Å². The maximum absolute atomic E-state index is 5.71. The van der Waals surface area contributed by atoms with E-state index in [1.165, 1.54) is 17.1 Å². The lowest BCUT2D eigenvalue weighted by molar-refractivity contribution is 0.0692. The number of thiocarbonyl (C=S) groups is 1. The zero-order valence-electron chi connectivity index (χ0n) is 12.5. The molecular weight excluding hydrogens is 280 g/mol. The standard InChI is InChI=1S/C17H20N2OS/c1-13-12-16(17(21)18-8-10-20-11-9-18)14(2)19(13)15-6-4-3-5-7-15/h3-7,12H,8-11H2,1-2H3. The Hall–Kier alpha value is -1.65. The van der Waals surface area contributed by atoms with E-state index in [1.54, 1.807) is 0 Å². The third-order valence-corrected chi connectivity index (χ3v) is 4.45. The first-order valence-electron chi connectivity index (χ1n) is 7.30. The zero-order valence-corrected chi connectivity index (χ0v) is 13.3. The van der Waals surface area contributed by atoms with Gasteiger partial charge in [0.25, 0.3) is 0 Å². The fourth-order valence-electron chi connectivity index (χ4n) is 2.89. The van der Waals surface area contributed by atoms with Crippen LogP contribution >= 0.6 is 12.2 Å². The van der Waals surface area contributed by atoms with Crippen LogP contribution < -0.4 is 0 Å². The molecule has 0 spiro atoms. The van der Waals surface area contributed by atoms with Crippen LogP contribution in [0.3, 0.4) is 0 Å². The van der Waals surface area contributed by atoms with Gasteiger partial charge in [-0.15, -0.1) is 0 Å². The van der Waals surface area contributed by atoms with Gasteiger partial charge in [0.05, 0.1) is 13.2 Å². The second-order valence-corrected chi connectivity index (χ2v) is 5.75. The molecule has 0 amide bonds. The Bertz CT molecular complexity index is 642. The van der Waals surface area contributed by atoms with Crippen molar-refractivity contribution in [3.8, 4) is 5.69 Å². The molecule has 2 aromatic rings. The molecule has 1 saturated heterocycles. The molecule has 0 unspecified atom stereocenters. The summed E-state index contributed by atoms with van der Waals surface area (Å²) in [4.78, 5) is 3.18. The Labute approximate surface area is 131 Å². The molecule has 0 radical (unpaired) electrons. The van der Waals surface area contributed by atoms with Crippen LogP contribution in [0, 0.1) is 13.8 Å². The number of aryl methyl sites for hydroxylation is 1. The summed E-state index contributed by atoms with van der Waals surface area (Å²) >= 11 is 5.71. The summed E-state index contributed by atoms with van der Waals surface area (Å²) in [5.74, 6) is 0. The number of hydrogen-bond donors (Lipinski definition) is 0. The van der Waals surface area contributed by atoms with Gasteiger partial charge in [-0.1, -0.05) is 30.4 Å². The average Bonchev–Trinajstić information content (AvgIpc) is 2.83. The molecule has 2 heterocycles. The van der Waals surface area contributed by atoms with E-state index < -0.39 is 0 Å². The SMILES string of the molecule is Cc1cc(C(=S)N2CCOCC2)c(C)n1-c1ccccc1. The Morgan fingerprint density at radius 1 is 1.10 bits per heavy atom. The van der Waals surface area contributed by atoms with Gasteiger partial charge in [0.1, 0.15) is 4.99 Å². The predicted octanol–water partition coefficient (Wildman–Crippen LogP) is 3.10. The molecular formula is C17H20N2OS. The summed E-state index contributed by atoms with van der Waals surface area (Å²) in [6, 6.07) is 12.6. The highest BCUT2D eigenvalue weighted by molar-refractivity contribution is 7.80. The van der Waals surface area contributed by atoms with Crippen LogP contribution in [0.2, 0.25) is 0 Å². The lowest BCUT2D eigenvalue weighted by atomic mass is 10.2. The maximum Gasteiger partial charge on any atom is 0.111 e. The van der Waals surface area contributed by atoms with Gasteiger partial charge in [-0.2, -0.15) is 0 Å². The highest BCUT2D eigenvalue weighted by atomic mass is 32.1. The number of ether oxygens (including phenoxy) is 1. The summed E-state index contributed by atoms with van der Waals surface area (Å²) in [5, 5.41) is 0. The van der Waals surface area contributed by atoms with Crippen LogP contribution in [-0.4, -0.2) is 40.8 Å². The van der Waals surface area contributed by atoms with Gasteiger partial charge in [-0.25, -0.2) is 0 Å². The Kier molecular flexibility index (Phi) is 4.08. The van der Waals surface area contributed by atoms with Crippen LogP contribution in [0.15, 0.2) is 36.4 Å². The third-order valence-electron chi connectivity index (χ3n) is 3.97. The Morgan fingerprint density at radius 2 is 1.76 bits per heavy atom. The second-order valence-electron chi connectivity index (χ2n) is 5.36. The van der Waals surface area contributed by atoms with E-state index in [4.69, 9.17) is 17.0 Å². The molecule has 1 aromatic heterocycles. The molecule has 0 atom stereocenters. The smallest absolute Gasteiger partial charge is 0.111 e. The fraction of sp³-hybridized carbons (Fsp3) is 0.353. The van der Waals surface area contributed by atoms with Gasteiger partial charge in [0.15, 0.2) is 0 Å². The minimum Gasteiger partial charge on any atom is -0.378 e. The Morgan fingerprint density at radius 3 is 2.43 bits per heavy atom. The number of para-hydroxylation sites is 1. The summed E-state index contributed by atoms with van der Waals surface area (Å²) in [5.41, 5.74) is 4.76. The first-order chi connectivity index (χ1) is 10.2. The molecule has 0 N–H and O–H groups in total. The molecule has 110 valence electrons. The minimum absolute atomic E-state index is 0.761. The van der Waals surface area contributed by atoms with Crippen molar-refractivity contribution in [1.29, 1.82) is 0 Å². The summed E-state index contributed by atoms with van der Waals surface area (Å²) in [6.07, 6.45) is 0. The van der Waals surface area contributed by atoms with E-state index in [0.29, 0.717) is 0 Å². The van der Waals surface area contributed by atoms with Gasteiger partial charge >= 0.3 is 0 Å². The number of aromatic nitrogens is 1. The van der Waals surface area contributed by atoms with E-state index in [1.807, 2.05) is 6.07 Å². The third kappa shape index (κ3) is 2.74. The van der Waals surface area contributed by atoms with Gasteiger partial charge in [0, 0.05) is 35.7 Å². The van der Waals surface area contributed by atoms with E-state index >= 15 is 0 Å². The van der Waals surface area contributed by atoms with Crippen molar-refractivity contribution in [2.24, 2.45) is 0 Å². The van der Waals surface area contributed by atoms with Gasteiger partial charge in [-0.3, -0.25) is 0 Å². The molecule has 0 saturated carbocycles. The second kappa shape index (κ2) is 6.00. The first-order valence-corrected chi connectivity index (χ1v) is 7.70. The van der Waals surface area contributed by atoms with Crippen LogP contribution in [0.1, 0.15) is 17.0 Å². The number of nitrogens with zero attached hydrogens (tertiary/aromatic N) is 2. The molecule has 1 aromatic carbocycles. The van der Waals surface area contributed by atoms with E-state index in [9.17, 15) is 0 Å². The van der Waals surface area contributed by atoms with E-state index in [2.05, 4.69) is 53.6 Å². The fourth-order valence-corrected chi connectivity index (χ4v) is 3.28. The molecule has 4 heteroatoms. The first kappa shape index (κ1) is 14.3. The molecule has 1 aliphatic heterocycles. The van der Waals surface area contributed by atoms with Gasteiger partial charge in [-0.05, 0) is 32.0 Å². The van der Waals surface area contributed by atoms with Crippen molar-refractivity contribution in [2.45, 2.75) is 13.8 Å². The summed E-state index contributed by atoms with van der Waals surface area (Å²) in [6.45, 7) is 7.56. The summed E-state index contributed by atoms with van der Waals surface area (Å²) < 4.78 is 7.67. The van der Waals surface area contributed by atoms with Gasteiger partial charge < -0.3 is 14.2 Å². The molecule has 0 bridgehead atoms. The van der Waals surface area contributed by atoms with Crippen LogP contribution in [-0.2, 0) is 4.74 Å². The highest BCUT2D eigenvalue weighted by Gasteiger charge is 2.20. The van der Waals surface area contributed by atoms with Crippen LogP contribution in [0.5, 0.6) is 0 Å². The van der Waals surface area contributed by atoms with Crippen molar-refractivity contribution in [3.05, 3.63) is 53.3 Å². The lowest BCUT2D eigenvalue weighted by Gasteiger charge is -2.29. The van der Waals surface area contributed by atoms with E-state index in [0.717, 1.165) is 36.9 Å². The molecule has 1 aliphatic rings. The van der Waals surface area contributed by atoms with Crippen LogP contribution in [0.4, 0.5) is 0 Å². The molecule has 3 nitrogen and oxygen atoms in total. The van der Waals surface area contributed by atoms with Crippen molar-refractivity contribution in [2.75, 3.05) is 26.3 Å². The minimum atomic E-state index is 0.761. The molecule has 21 heavy (non-hydrogen) atoms. The zero-order chi connectivity index (χ0) is 14.8. The predicted molar refractivity (Wildman–Crippen MR) is 89.3 cm³/mol. The average molecular weight is 300 g/mol. The molecule has 3 rings (SSSR count). The summed E-state index contributed by atoms with van der Waals surface area (Å²) in [7, 11) is 0. The number of benzene rings is 1. The quantitative estimate of drug-likeness (QED) is 0.794. The number of rotatable bonds is 2. The van der Waals surface area contributed by atoms with Crippen molar-refractivity contribution in [1.82, 2.24) is 9.47 Å². The molecule has 0 aliphatic carbocycles. The normalized spacial score (nSPS) is 15.2. The van der Waals surface area contributed by atoms with E-state index in [-0.39, 0.29) is 0 Å². The largest absolute Gasteiger partial charge is 0.378 e. The number of morpholine rings is 1. The van der Waals surface area contributed by atoms with Gasteiger partial charge in [0.2, 0.25) is 0 Å². The maximum atomic E-state index is 5.71. The number of hydrogen-bond acceptors (Lipinski definition) is 2.